The zero-order valence-corrected chi connectivity index (χ0v) is 23.3. The number of carbonyl (C=O) groups excluding carboxylic acids is 2. The van der Waals surface area contributed by atoms with E-state index < -0.39 is 0 Å². The molecule has 1 aliphatic rings. The molecule has 6 nitrogen and oxygen atoms in total. The predicted octanol–water partition coefficient (Wildman–Crippen LogP) is 6.54. The smallest absolute Gasteiger partial charge is 0.251 e. The van der Waals surface area contributed by atoms with E-state index in [0.29, 0.717) is 31.2 Å². The van der Waals surface area contributed by atoms with Gasteiger partial charge in [0.05, 0.1) is 11.0 Å². The quantitative estimate of drug-likeness (QED) is 0.209. The fourth-order valence-electron chi connectivity index (χ4n) is 5.79. The van der Waals surface area contributed by atoms with Crippen LogP contribution in [0.15, 0.2) is 84.9 Å². The first-order valence-electron chi connectivity index (χ1n) is 14.8. The van der Waals surface area contributed by atoms with Crippen LogP contribution in [0.5, 0.6) is 0 Å². The fourth-order valence-corrected chi connectivity index (χ4v) is 5.79. The molecule has 0 bridgehead atoms. The van der Waals surface area contributed by atoms with Gasteiger partial charge in [0, 0.05) is 31.1 Å². The minimum atomic E-state index is -0.0288. The first-order chi connectivity index (χ1) is 19.7. The van der Waals surface area contributed by atoms with Gasteiger partial charge in [-0.15, -0.1) is 0 Å². The molecule has 0 radical (unpaired) electrons. The van der Waals surface area contributed by atoms with E-state index in [2.05, 4.69) is 33.0 Å². The highest BCUT2D eigenvalue weighted by molar-refractivity contribution is 5.94. The summed E-state index contributed by atoms with van der Waals surface area (Å²) < 4.78 is 2.13. The van der Waals surface area contributed by atoms with Crippen LogP contribution in [0, 0.1) is 0 Å². The van der Waals surface area contributed by atoms with Crippen molar-refractivity contribution < 1.29 is 9.59 Å². The van der Waals surface area contributed by atoms with E-state index in [1.165, 1.54) is 24.8 Å². The number of unbranched alkanes of at least 4 members (excludes halogenated alkanes) is 2. The largest absolute Gasteiger partial charge is 0.352 e. The fraction of sp³-hybridized carbons (Fsp3) is 0.382. The average Bonchev–Trinajstić information content (AvgIpc) is 3.35. The van der Waals surface area contributed by atoms with Crippen LogP contribution < -0.4 is 5.32 Å². The second-order valence-corrected chi connectivity index (χ2v) is 10.8. The summed E-state index contributed by atoms with van der Waals surface area (Å²) in [6, 6.07) is 28.1. The van der Waals surface area contributed by atoms with Crippen LogP contribution >= 0.6 is 0 Å². The molecular formula is C34H40N4O2. The molecule has 2 amide bonds. The Morgan fingerprint density at radius 1 is 0.825 bits per heavy atom. The maximum atomic E-state index is 13.9. The summed E-state index contributed by atoms with van der Waals surface area (Å²) >= 11 is 0. The normalized spacial score (nSPS) is 13.8. The summed E-state index contributed by atoms with van der Waals surface area (Å²) in [4.78, 5) is 33.3. The number of benzene rings is 3. The van der Waals surface area contributed by atoms with Gasteiger partial charge >= 0.3 is 0 Å². The number of imidazole rings is 1. The Hall–Kier alpha value is -3.93. The SMILES string of the molecule is O=C(NCCCCCc1nc2ccccc2n1CC(=O)N(Cc1ccccc1)C1CCCCC1)c1ccccc1. The molecule has 1 saturated carbocycles. The summed E-state index contributed by atoms with van der Waals surface area (Å²) in [5.41, 5.74) is 3.82. The lowest BCUT2D eigenvalue weighted by atomic mass is 9.93. The molecule has 1 heterocycles. The van der Waals surface area contributed by atoms with Gasteiger partial charge in [-0.3, -0.25) is 9.59 Å². The third-order valence-electron chi connectivity index (χ3n) is 7.96. The topological polar surface area (TPSA) is 67.2 Å². The van der Waals surface area contributed by atoms with Gasteiger partial charge < -0.3 is 14.8 Å². The van der Waals surface area contributed by atoms with Gasteiger partial charge in [-0.05, 0) is 55.5 Å². The zero-order valence-electron chi connectivity index (χ0n) is 23.3. The number of para-hydroxylation sites is 2. The van der Waals surface area contributed by atoms with Crippen molar-refractivity contribution in [1.82, 2.24) is 19.8 Å². The van der Waals surface area contributed by atoms with E-state index in [1.807, 2.05) is 66.7 Å². The van der Waals surface area contributed by atoms with Crippen molar-refractivity contribution in [3.63, 3.8) is 0 Å². The Labute approximate surface area is 237 Å². The monoisotopic (exact) mass is 536 g/mol. The number of rotatable bonds is 12. The van der Waals surface area contributed by atoms with Crippen LogP contribution in [0.25, 0.3) is 11.0 Å². The molecule has 0 aliphatic heterocycles. The van der Waals surface area contributed by atoms with Crippen LogP contribution in [0.1, 0.15) is 73.1 Å². The number of nitrogens with one attached hydrogen (secondary N) is 1. The number of aromatic nitrogens is 2. The average molecular weight is 537 g/mol. The first kappa shape index (κ1) is 27.6. The van der Waals surface area contributed by atoms with Gasteiger partial charge in [-0.2, -0.15) is 0 Å². The summed E-state index contributed by atoms with van der Waals surface area (Å²) in [7, 11) is 0. The van der Waals surface area contributed by atoms with Crippen LogP contribution in [0.2, 0.25) is 0 Å². The molecule has 4 aromatic rings. The Morgan fingerprint density at radius 2 is 1.52 bits per heavy atom. The van der Waals surface area contributed by atoms with Crippen LogP contribution in [-0.2, 0) is 24.3 Å². The van der Waals surface area contributed by atoms with Gasteiger partial charge in [0.1, 0.15) is 12.4 Å². The van der Waals surface area contributed by atoms with Crippen molar-refractivity contribution in [1.29, 1.82) is 0 Å². The second-order valence-electron chi connectivity index (χ2n) is 10.8. The second kappa shape index (κ2) is 13.9. The highest BCUT2D eigenvalue weighted by Gasteiger charge is 2.26. The number of aryl methyl sites for hydroxylation is 1. The number of carbonyl (C=O) groups is 2. The zero-order chi connectivity index (χ0) is 27.6. The van der Waals surface area contributed by atoms with E-state index in [9.17, 15) is 9.59 Å². The Balaban J connectivity index is 1.23. The number of nitrogens with zero attached hydrogens (tertiary/aromatic N) is 3. The Bertz CT molecular complexity index is 1380. The molecule has 0 atom stereocenters. The van der Waals surface area contributed by atoms with Crippen LogP contribution in [0.3, 0.4) is 0 Å². The standard InChI is InChI=1S/C34H40N4O2/c39-33(37(29-19-9-3-10-20-29)25-27-15-5-1-6-16-27)26-38-31-22-13-12-21-30(31)36-32(38)23-11-4-14-24-35-34(40)28-17-7-2-8-18-28/h1-2,5-8,12-13,15-18,21-22,29H,3-4,9-11,14,19-20,23-26H2,(H,35,40). The number of hydrogen-bond donors (Lipinski definition) is 1. The summed E-state index contributed by atoms with van der Waals surface area (Å²) in [5, 5.41) is 3.01. The Kier molecular flexibility index (Phi) is 9.62. The summed E-state index contributed by atoms with van der Waals surface area (Å²) in [5.74, 6) is 1.11. The number of amides is 2. The third kappa shape index (κ3) is 7.17. The van der Waals surface area contributed by atoms with Gasteiger partial charge in [-0.25, -0.2) is 4.98 Å². The summed E-state index contributed by atoms with van der Waals surface area (Å²) in [6.07, 6.45) is 9.44. The lowest BCUT2D eigenvalue weighted by molar-refractivity contribution is -0.135. The molecule has 1 fully saturated rings. The molecule has 6 heteroatoms. The van der Waals surface area contributed by atoms with Crippen molar-refractivity contribution in [2.24, 2.45) is 0 Å². The van der Waals surface area contributed by atoms with E-state index >= 15 is 0 Å². The highest BCUT2D eigenvalue weighted by atomic mass is 16.2. The Morgan fingerprint density at radius 3 is 2.30 bits per heavy atom. The molecule has 1 N–H and O–H groups in total. The molecule has 0 unspecified atom stereocenters. The van der Waals surface area contributed by atoms with E-state index in [4.69, 9.17) is 4.98 Å². The molecule has 208 valence electrons. The van der Waals surface area contributed by atoms with Gasteiger partial charge in [0.15, 0.2) is 0 Å². The maximum absolute atomic E-state index is 13.9. The van der Waals surface area contributed by atoms with Crippen molar-refractivity contribution in [3.8, 4) is 0 Å². The number of hydrogen-bond acceptors (Lipinski definition) is 3. The minimum Gasteiger partial charge on any atom is -0.352 e. The molecule has 40 heavy (non-hydrogen) atoms. The highest BCUT2D eigenvalue weighted by Crippen LogP contribution is 2.26. The predicted molar refractivity (Wildman–Crippen MR) is 160 cm³/mol. The van der Waals surface area contributed by atoms with Gasteiger partial charge in [0.2, 0.25) is 5.91 Å². The molecule has 3 aromatic carbocycles. The molecule has 0 saturated heterocycles. The minimum absolute atomic E-state index is 0.0288. The number of fused-ring (bicyclic) bond motifs is 1. The van der Waals surface area contributed by atoms with Crippen molar-refractivity contribution in [2.45, 2.75) is 76.9 Å². The van der Waals surface area contributed by atoms with Gasteiger partial charge in [-0.1, -0.05) is 86.3 Å². The summed E-state index contributed by atoms with van der Waals surface area (Å²) in [6.45, 7) is 1.62. The molecular weight excluding hydrogens is 496 g/mol. The van der Waals surface area contributed by atoms with Crippen molar-refractivity contribution >= 4 is 22.8 Å². The molecule has 5 rings (SSSR count). The third-order valence-corrected chi connectivity index (χ3v) is 7.96. The van der Waals surface area contributed by atoms with Gasteiger partial charge in [0.25, 0.3) is 5.91 Å². The molecule has 1 aromatic heterocycles. The van der Waals surface area contributed by atoms with E-state index in [0.717, 1.165) is 55.4 Å². The van der Waals surface area contributed by atoms with E-state index in [-0.39, 0.29) is 11.8 Å². The molecule has 1 aliphatic carbocycles. The lowest BCUT2D eigenvalue weighted by Crippen LogP contribution is -2.42. The van der Waals surface area contributed by atoms with Crippen LogP contribution in [-0.4, -0.2) is 38.9 Å². The maximum Gasteiger partial charge on any atom is 0.251 e. The van der Waals surface area contributed by atoms with Crippen molar-refractivity contribution in [2.75, 3.05) is 6.54 Å². The molecule has 0 spiro atoms. The lowest BCUT2D eigenvalue weighted by Gasteiger charge is -2.35. The van der Waals surface area contributed by atoms with Crippen molar-refractivity contribution in [3.05, 3.63) is 102 Å². The first-order valence-corrected chi connectivity index (χ1v) is 14.8. The van der Waals surface area contributed by atoms with Crippen LogP contribution in [0.4, 0.5) is 0 Å². The van der Waals surface area contributed by atoms with E-state index in [1.54, 1.807) is 0 Å².